The molecule has 0 aliphatic carbocycles. The minimum Gasteiger partial charge on any atom is -0.351 e. The Morgan fingerprint density at radius 2 is 2.00 bits per heavy atom. The molecule has 0 fully saturated rings. The maximum Gasteiger partial charge on any atom is 0.264 e. The normalized spacial score (nSPS) is 11.6. The van der Waals surface area contributed by atoms with Gasteiger partial charge in [0.2, 0.25) is 0 Å². The highest BCUT2D eigenvalue weighted by Crippen LogP contribution is 2.04. The van der Waals surface area contributed by atoms with E-state index in [1.54, 1.807) is 11.7 Å². The number of rotatable bonds is 6. The second-order valence-corrected chi connectivity index (χ2v) is 4.05. The van der Waals surface area contributed by atoms with E-state index in [-0.39, 0.29) is 5.56 Å². The van der Waals surface area contributed by atoms with Gasteiger partial charge in [0, 0.05) is 20.3 Å². The third kappa shape index (κ3) is 2.82. The van der Waals surface area contributed by atoms with Gasteiger partial charge >= 0.3 is 0 Å². The van der Waals surface area contributed by atoms with Crippen molar-refractivity contribution in [3.05, 3.63) is 22.9 Å². The van der Waals surface area contributed by atoms with Crippen LogP contribution in [0, 0.1) is 0 Å². The molecule has 7 heteroatoms. The zero-order valence-electron chi connectivity index (χ0n) is 11.4. The van der Waals surface area contributed by atoms with Crippen LogP contribution in [-0.4, -0.2) is 38.8 Å². The summed E-state index contributed by atoms with van der Waals surface area (Å²) in [5.74, 6) is 0. The van der Waals surface area contributed by atoms with Crippen molar-refractivity contribution in [2.75, 3.05) is 13.2 Å². The van der Waals surface area contributed by atoms with Crippen molar-refractivity contribution >= 4 is 11.0 Å². The lowest BCUT2D eigenvalue weighted by Crippen LogP contribution is -2.30. The van der Waals surface area contributed by atoms with Crippen LogP contribution in [0.4, 0.5) is 0 Å². The van der Waals surface area contributed by atoms with Gasteiger partial charge in [0.15, 0.2) is 11.9 Å². The lowest BCUT2D eigenvalue weighted by molar-refractivity contribution is -0.144. The molecular weight excluding hydrogens is 248 g/mol. The molecule has 0 saturated heterocycles. The first-order valence-electron chi connectivity index (χ1n) is 6.27. The zero-order chi connectivity index (χ0) is 13.8. The molecule has 19 heavy (non-hydrogen) atoms. The lowest BCUT2D eigenvalue weighted by Gasteiger charge is -2.17. The van der Waals surface area contributed by atoms with E-state index in [1.807, 2.05) is 13.8 Å². The largest absolute Gasteiger partial charge is 0.351 e. The van der Waals surface area contributed by atoms with Crippen molar-refractivity contribution < 1.29 is 9.47 Å². The molecule has 0 bridgehead atoms. The molecule has 2 aromatic heterocycles. The highest BCUT2D eigenvalue weighted by Gasteiger charge is 2.13. The third-order valence-corrected chi connectivity index (χ3v) is 2.77. The molecule has 0 N–H and O–H groups in total. The van der Waals surface area contributed by atoms with Crippen molar-refractivity contribution in [1.29, 1.82) is 0 Å². The van der Waals surface area contributed by atoms with Crippen molar-refractivity contribution in [2.24, 2.45) is 7.05 Å². The first-order chi connectivity index (χ1) is 9.17. The quantitative estimate of drug-likeness (QED) is 0.713. The first kappa shape index (κ1) is 13.7. The van der Waals surface area contributed by atoms with Crippen molar-refractivity contribution in [3.8, 4) is 0 Å². The predicted molar refractivity (Wildman–Crippen MR) is 69.8 cm³/mol. The van der Waals surface area contributed by atoms with E-state index < -0.39 is 6.29 Å². The van der Waals surface area contributed by atoms with Crippen LogP contribution in [0.2, 0.25) is 0 Å². The Morgan fingerprint density at radius 1 is 1.32 bits per heavy atom. The van der Waals surface area contributed by atoms with Crippen molar-refractivity contribution in [2.45, 2.75) is 26.7 Å². The summed E-state index contributed by atoms with van der Waals surface area (Å²) in [6.07, 6.45) is 2.58. The number of aryl methyl sites for hydroxylation is 1. The van der Waals surface area contributed by atoms with Gasteiger partial charge in [-0.15, -0.1) is 0 Å². The standard InChI is InChI=1S/C12H18N4O3/c1-4-18-10(19-5-2)7-16-8-13-11-9(12(16)17)6-14-15(11)3/h6,8,10H,4-5,7H2,1-3H3. The van der Waals surface area contributed by atoms with Gasteiger partial charge in [0.1, 0.15) is 11.7 Å². The van der Waals surface area contributed by atoms with Gasteiger partial charge in [-0.05, 0) is 13.8 Å². The zero-order valence-corrected chi connectivity index (χ0v) is 11.4. The maximum absolute atomic E-state index is 12.2. The van der Waals surface area contributed by atoms with Gasteiger partial charge in [0.05, 0.1) is 12.7 Å². The second-order valence-electron chi connectivity index (χ2n) is 4.05. The van der Waals surface area contributed by atoms with E-state index in [4.69, 9.17) is 9.47 Å². The Labute approximate surface area is 110 Å². The van der Waals surface area contributed by atoms with Gasteiger partial charge in [-0.1, -0.05) is 0 Å². The maximum atomic E-state index is 12.2. The number of nitrogens with zero attached hydrogens (tertiary/aromatic N) is 4. The van der Waals surface area contributed by atoms with Crippen LogP contribution < -0.4 is 5.56 Å². The fourth-order valence-corrected chi connectivity index (χ4v) is 1.88. The van der Waals surface area contributed by atoms with E-state index in [2.05, 4.69) is 10.1 Å². The van der Waals surface area contributed by atoms with Gasteiger partial charge in [-0.25, -0.2) is 4.98 Å². The Balaban J connectivity index is 2.29. The highest BCUT2D eigenvalue weighted by atomic mass is 16.7. The van der Waals surface area contributed by atoms with Crippen LogP contribution in [0.15, 0.2) is 17.3 Å². The Morgan fingerprint density at radius 3 is 2.63 bits per heavy atom. The molecule has 2 aromatic rings. The van der Waals surface area contributed by atoms with E-state index in [9.17, 15) is 4.79 Å². The summed E-state index contributed by atoms with van der Waals surface area (Å²) < 4.78 is 13.9. The van der Waals surface area contributed by atoms with Crippen LogP contribution in [0.5, 0.6) is 0 Å². The third-order valence-electron chi connectivity index (χ3n) is 2.77. The average molecular weight is 266 g/mol. The summed E-state index contributed by atoms with van der Waals surface area (Å²) in [4.78, 5) is 16.5. The number of fused-ring (bicyclic) bond motifs is 1. The molecule has 0 aromatic carbocycles. The lowest BCUT2D eigenvalue weighted by atomic mass is 10.4. The summed E-state index contributed by atoms with van der Waals surface area (Å²) in [6.45, 7) is 5.15. The summed E-state index contributed by atoms with van der Waals surface area (Å²) in [6, 6.07) is 0. The first-order valence-corrected chi connectivity index (χ1v) is 6.27. The second kappa shape index (κ2) is 5.94. The van der Waals surface area contributed by atoms with E-state index >= 15 is 0 Å². The van der Waals surface area contributed by atoms with Gasteiger partial charge in [0.25, 0.3) is 5.56 Å². The highest BCUT2D eigenvalue weighted by molar-refractivity contribution is 5.72. The fourth-order valence-electron chi connectivity index (χ4n) is 1.88. The van der Waals surface area contributed by atoms with Gasteiger partial charge in [-0.3, -0.25) is 14.0 Å². The van der Waals surface area contributed by atoms with E-state index in [0.717, 1.165) is 0 Å². The molecular formula is C12H18N4O3. The molecule has 0 amide bonds. The molecule has 2 heterocycles. The Kier molecular flexibility index (Phi) is 4.28. The predicted octanol–water partition coefficient (Wildman–Crippen LogP) is 0.529. The molecule has 104 valence electrons. The minimum atomic E-state index is -0.441. The minimum absolute atomic E-state index is 0.137. The van der Waals surface area contributed by atoms with Crippen molar-refractivity contribution in [3.63, 3.8) is 0 Å². The van der Waals surface area contributed by atoms with Crippen LogP contribution in [0.3, 0.4) is 0 Å². The topological polar surface area (TPSA) is 71.2 Å². The monoisotopic (exact) mass is 266 g/mol. The van der Waals surface area contributed by atoms with Crippen LogP contribution in [0.1, 0.15) is 13.8 Å². The smallest absolute Gasteiger partial charge is 0.264 e. The molecule has 0 spiro atoms. The number of hydrogen-bond donors (Lipinski definition) is 0. The van der Waals surface area contributed by atoms with Gasteiger partial charge < -0.3 is 9.47 Å². The molecule has 0 aliphatic rings. The number of ether oxygens (including phenoxy) is 2. The SMILES string of the molecule is CCOC(Cn1cnc2c(cnn2C)c1=O)OCC. The van der Waals surface area contributed by atoms with Gasteiger partial charge in [-0.2, -0.15) is 5.10 Å². The summed E-state index contributed by atoms with van der Waals surface area (Å²) in [5, 5.41) is 4.52. The van der Waals surface area contributed by atoms with Crippen LogP contribution in [-0.2, 0) is 23.1 Å². The summed E-state index contributed by atoms with van der Waals surface area (Å²) in [7, 11) is 1.75. The molecule has 7 nitrogen and oxygen atoms in total. The fraction of sp³-hybridized carbons (Fsp3) is 0.583. The average Bonchev–Trinajstić information content (AvgIpc) is 2.76. The summed E-state index contributed by atoms with van der Waals surface area (Å²) >= 11 is 0. The molecule has 0 atom stereocenters. The molecule has 0 aliphatic heterocycles. The van der Waals surface area contributed by atoms with Crippen LogP contribution in [0.25, 0.3) is 11.0 Å². The van der Waals surface area contributed by atoms with E-state index in [0.29, 0.717) is 30.8 Å². The Bertz CT molecular complexity index is 599. The number of aromatic nitrogens is 4. The Hall–Kier alpha value is -1.73. The molecule has 2 rings (SSSR count). The molecule has 0 radical (unpaired) electrons. The number of hydrogen-bond acceptors (Lipinski definition) is 5. The summed E-state index contributed by atoms with van der Waals surface area (Å²) in [5.41, 5.74) is 0.438. The molecule has 0 unspecified atom stereocenters. The van der Waals surface area contributed by atoms with Crippen LogP contribution >= 0.6 is 0 Å². The van der Waals surface area contributed by atoms with E-state index in [1.165, 1.54) is 17.1 Å². The molecule has 0 saturated carbocycles. The van der Waals surface area contributed by atoms with Crippen molar-refractivity contribution in [1.82, 2.24) is 19.3 Å².